The highest BCUT2D eigenvalue weighted by atomic mass is 32.2. The topological polar surface area (TPSA) is 97.7 Å². The van der Waals surface area contributed by atoms with E-state index in [2.05, 4.69) is 0 Å². The molecule has 5 fully saturated rings. The van der Waals surface area contributed by atoms with Crippen LogP contribution in [-0.2, 0) is 24.4 Å². The van der Waals surface area contributed by atoms with E-state index in [-0.39, 0.29) is 23.7 Å². The Balaban J connectivity index is 1.40. The first kappa shape index (κ1) is 16.5. The number of hydrogen-bond donors (Lipinski definition) is 1. The van der Waals surface area contributed by atoms with Crippen LogP contribution in [-0.4, -0.2) is 35.6 Å². The Labute approximate surface area is 142 Å². The number of ketones is 1. The minimum atomic E-state index is -4.01. The molecule has 0 saturated heterocycles. The van der Waals surface area contributed by atoms with Gasteiger partial charge >= 0.3 is 5.97 Å². The Bertz CT molecular complexity index is 643. The predicted molar refractivity (Wildman–Crippen MR) is 84.7 cm³/mol. The highest BCUT2D eigenvalue weighted by Crippen LogP contribution is 2.55. The first-order chi connectivity index (χ1) is 11.3. The number of carbonyl (C=O) groups excluding carboxylic acids is 2. The van der Waals surface area contributed by atoms with Crippen molar-refractivity contribution in [3.63, 3.8) is 0 Å². The fourth-order valence-electron chi connectivity index (χ4n) is 5.69. The van der Waals surface area contributed by atoms with Crippen LogP contribution in [0.5, 0.6) is 0 Å². The third-order valence-electron chi connectivity index (χ3n) is 6.68. The Morgan fingerprint density at radius 2 is 1.62 bits per heavy atom. The van der Waals surface area contributed by atoms with E-state index in [1.54, 1.807) is 0 Å². The second-order valence-electron chi connectivity index (χ2n) is 8.34. The molecule has 134 valence electrons. The highest BCUT2D eigenvalue weighted by Gasteiger charge is 2.57. The maximum absolute atomic E-state index is 12.6. The Morgan fingerprint density at radius 1 is 1.04 bits per heavy atom. The summed E-state index contributed by atoms with van der Waals surface area (Å²) in [7, 11) is -4.01. The first-order valence-electron chi connectivity index (χ1n) is 8.99. The molecule has 0 radical (unpaired) electrons. The smallest absolute Gasteiger partial charge is 0.309 e. The van der Waals surface area contributed by atoms with Gasteiger partial charge in [0.2, 0.25) is 0 Å². The van der Waals surface area contributed by atoms with E-state index >= 15 is 0 Å². The van der Waals surface area contributed by atoms with Gasteiger partial charge in [-0.1, -0.05) is 0 Å². The van der Waals surface area contributed by atoms with Crippen LogP contribution >= 0.6 is 0 Å². The van der Waals surface area contributed by atoms with Crippen molar-refractivity contribution in [1.82, 2.24) is 0 Å². The molecule has 0 aromatic rings. The Kier molecular flexibility index (Phi) is 3.80. The maximum atomic E-state index is 12.6. The average molecular weight is 356 g/mol. The molecule has 2 atom stereocenters. The van der Waals surface area contributed by atoms with E-state index in [4.69, 9.17) is 9.29 Å². The number of rotatable bonds is 3. The third kappa shape index (κ3) is 2.79. The van der Waals surface area contributed by atoms with E-state index in [9.17, 15) is 18.0 Å². The number of Topliss-reactive ketones (excluding diaryl/α,β-unsaturated/α-hetero) is 1. The zero-order valence-electron chi connectivity index (χ0n) is 13.6. The third-order valence-corrected chi connectivity index (χ3v) is 8.00. The molecule has 0 heterocycles. The summed E-state index contributed by atoms with van der Waals surface area (Å²) in [6.07, 6.45) is 5.61. The van der Waals surface area contributed by atoms with Crippen molar-refractivity contribution in [2.24, 2.45) is 23.7 Å². The number of carbonyl (C=O) groups is 2. The molecule has 7 heteroatoms. The fourth-order valence-corrected chi connectivity index (χ4v) is 6.56. The van der Waals surface area contributed by atoms with Crippen molar-refractivity contribution >= 4 is 21.9 Å². The van der Waals surface area contributed by atoms with Crippen LogP contribution < -0.4 is 0 Å². The van der Waals surface area contributed by atoms with Crippen LogP contribution in [0.3, 0.4) is 0 Å². The largest absolute Gasteiger partial charge is 0.459 e. The first-order valence-corrected chi connectivity index (χ1v) is 10.5. The summed E-state index contributed by atoms with van der Waals surface area (Å²) in [4.78, 5) is 24.8. The molecule has 0 aromatic carbocycles. The van der Waals surface area contributed by atoms with E-state index in [1.165, 1.54) is 0 Å². The molecule has 0 spiro atoms. The van der Waals surface area contributed by atoms with Crippen LogP contribution in [0, 0.1) is 23.7 Å². The monoisotopic (exact) mass is 356 g/mol. The van der Waals surface area contributed by atoms with Crippen LogP contribution in [0.25, 0.3) is 0 Å². The quantitative estimate of drug-likeness (QED) is 0.614. The number of hydrogen-bond acceptors (Lipinski definition) is 5. The van der Waals surface area contributed by atoms with Gasteiger partial charge in [0.25, 0.3) is 10.1 Å². The Hall–Kier alpha value is -0.950. The predicted octanol–water partition coefficient (Wildman–Crippen LogP) is 2.12. The molecule has 24 heavy (non-hydrogen) atoms. The summed E-state index contributed by atoms with van der Waals surface area (Å²) in [6.45, 7) is 0. The lowest BCUT2D eigenvalue weighted by Crippen LogP contribution is -2.57. The summed E-state index contributed by atoms with van der Waals surface area (Å²) < 4.78 is 37.5. The van der Waals surface area contributed by atoms with Gasteiger partial charge in [-0.3, -0.25) is 14.1 Å². The molecule has 5 saturated carbocycles. The van der Waals surface area contributed by atoms with Gasteiger partial charge in [-0.05, 0) is 63.7 Å². The standard InChI is InChI=1S/C17H24O6S/c18-15-12-5-10-6-13(15)9-17(7-10,8-12)23-16(19)11-1-3-14(4-2-11)24(20,21)22/h10-14H,1-9H2,(H,20,21,22). The van der Waals surface area contributed by atoms with Crippen molar-refractivity contribution < 1.29 is 27.3 Å². The second kappa shape index (κ2) is 5.53. The maximum Gasteiger partial charge on any atom is 0.309 e. The van der Waals surface area contributed by atoms with Crippen molar-refractivity contribution in [3.8, 4) is 0 Å². The minimum absolute atomic E-state index is 0.0688. The van der Waals surface area contributed by atoms with Crippen molar-refractivity contribution in [2.75, 3.05) is 0 Å². The van der Waals surface area contributed by atoms with Crippen molar-refractivity contribution in [2.45, 2.75) is 68.6 Å². The molecule has 0 amide bonds. The van der Waals surface area contributed by atoms with Crippen LogP contribution in [0.4, 0.5) is 0 Å². The van der Waals surface area contributed by atoms with Gasteiger partial charge in [-0.15, -0.1) is 0 Å². The molecule has 5 aliphatic carbocycles. The van der Waals surface area contributed by atoms with Gasteiger partial charge in [0, 0.05) is 11.8 Å². The van der Waals surface area contributed by atoms with Gasteiger partial charge in [0.15, 0.2) is 0 Å². The van der Waals surface area contributed by atoms with Gasteiger partial charge in [-0.2, -0.15) is 8.42 Å². The van der Waals surface area contributed by atoms with Crippen molar-refractivity contribution in [3.05, 3.63) is 0 Å². The van der Waals surface area contributed by atoms with E-state index < -0.39 is 21.0 Å². The lowest BCUT2D eigenvalue weighted by atomic mass is 9.53. The van der Waals surface area contributed by atoms with Gasteiger partial charge < -0.3 is 4.74 Å². The molecule has 5 aliphatic rings. The molecule has 0 aromatic heterocycles. The minimum Gasteiger partial charge on any atom is -0.459 e. The zero-order chi connectivity index (χ0) is 17.1. The zero-order valence-corrected chi connectivity index (χ0v) is 14.5. The van der Waals surface area contributed by atoms with Crippen LogP contribution in [0.1, 0.15) is 57.8 Å². The van der Waals surface area contributed by atoms with Gasteiger partial charge in [0.05, 0.1) is 11.2 Å². The lowest BCUT2D eigenvalue weighted by Gasteiger charge is -2.54. The molecule has 0 aliphatic heterocycles. The highest BCUT2D eigenvalue weighted by molar-refractivity contribution is 7.86. The summed E-state index contributed by atoms with van der Waals surface area (Å²) in [6, 6.07) is 0. The summed E-state index contributed by atoms with van der Waals surface area (Å²) in [5, 5.41) is -0.751. The SMILES string of the molecule is O=C(OC12CC3CC(C1)C(=O)C(C3)C2)C1CCC(S(=O)(=O)O)CC1. The second-order valence-corrected chi connectivity index (χ2v) is 10.0. The molecule has 5 rings (SSSR count). The van der Waals surface area contributed by atoms with Gasteiger partial charge in [0.1, 0.15) is 11.4 Å². The fraction of sp³-hybridized carbons (Fsp3) is 0.882. The molecular weight excluding hydrogens is 332 g/mol. The summed E-state index contributed by atoms with van der Waals surface area (Å²) in [5.41, 5.74) is -0.457. The molecule has 1 N–H and O–H groups in total. The normalized spacial score (nSPS) is 44.5. The average Bonchev–Trinajstić information content (AvgIpc) is 2.50. The summed E-state index contributed by atoms with van der Waals surface area (Å²) >= 11 is 0. The lowest BCUT2D eigenvalue weighted by molar-refractivity contribution is -0.193. The number of ether oxygens (including phenoxy) is 1. The van der Waals surface area contributed by atoms with E-state index in [0.29, 0.717) is 50.2 Å². The van der Waals surface area contributed by atoms with Crippen LogP contribution in [0.15, 0.2) is 0 Å². The number of esters is 1. The van der Waals surface area contributed by atoms with E-state index in [0.717, 1.165) is 19.3 Å². The molecule has 2 unspecified atom stereocenters. The molecular formula is C17H24O6S. The van der Waals surface area contributed by atoms with E-state index in [1.807, 2.05) is 0 Å². The summed E-state index contributed by atoms with van der Waals surface area (Å²) in [5.74, 6) is 0.484. The van der Waals surface area contributed by atoms with Gasteiger partial charge in [-0.25, -0.2) is 0 Å². The molecule has 4 bridgehead atoms. The Morgan fingerprint density at radius 3 is 2.17 bits per heavy atom. The molecule has 6 nitrogen and oxygen atoms in total. The van der Waals surface area contributed by atoms with Crippen LogP contribution in [0.2, 0.25) is 0 Å². The van der Waals surface area contributed by atoms with Crippen molar-refractivity contribution in [1.29, 1.82) is 0 Å².